The summed E-state index contributed by atoms with van der Waals surface area (Å²) in [6.45, 7) is 0.898. The van der Waals surface area contributed by atoms with Crippen LogP contribution in [0.25, 0.3) is 0 Å². The second-order valence-corrected chi connectivity index (χ2v) is 4.10. The minimum Gasteiger partial charge on any atom is -0.260 e. The highest BCUT2D eigenvalue weighted by Gasteiger charge is 2.32. The molecule has 1 aromatic rings. The Morgan fingerprint density at radius 2 is 2.12 bits per heavy atom. The first kappa shape index (κ1) is 11.9. The molecule has 1 fully saturated rings. The Bertz CT molecular complexity index is 419. The van der Waals surface area contributed by atoms with E-state index in [1.54, 1.807) is 6.07 Å². The van der Waals surface area contributed by atoms with Crippen LogP contribution in [-0.2, 0) is 6.18 Å². The van der Waals surface area contributed by atoms with Crippen LogP contribution in [0.15, 0.2) is 29.6 Å². The molecule has 6 heteroatoms. The van der Waals surface area contributed by atoms with Gasteiger partial charge in [0.15, 0.2) is 0 Å². The molecule has 92 valence electrons. The zero-order valence-corrected chi connectivity index (χ0v) is 8.94. The molecule has 0 spiro atoms. The van der Waals surface area contributed by atoms with Crippen molar-refractivity contribution in [2.45, 2.75) is 18.5 Å². The van der Waals surface area contributed by atoms with E-state index in [2.05, 4.69) is 5.29 Å². The van der Waals surface area contributed by atoms with E-state index in [4.69, 9.17) is 0 Å². The van der Waals surface area contributed by atoms with Crippen molar-refractivity contribution in [3.8, 4) is 0 Å². The van der Waals surface area contributed by atoms with Gasteiger partial charge in [-0.25, -0.2) is 0 Å². The van der Waals surface area contributed by atoms with Crippen molar-refractivity contribution in [3.05, 3.63) is 40.3 Å². The van der Waals surface area contributed by atoms with Gasteiger partial charge in [-0.3, -0.25) is 5.01 Å². The second kappa shape index (κ2) is 4.35. The van der Waals surface area contributed by atoms with Gasteiger partial charge in [0.1, 0.15) is 0 Å². The molecule has 0 N–H and O–H groups in total. The lowest BCUT2D eigenvalue weighted by molar-refractivity contribution is -0.137. The first-order valence-corrected chi connectivity index (χ1v) is 5.26. The van der Waals surface area contributed by atoms with E-state index in [1.165, 1.54) is 11.1 Å². The van der Waals surface area contributed by atoms with Crippen LogP contribution in [0, 0.1) is 4.91 Å². The van der Waals surface area contributed by atoms with Crippen molar-refractivity contribution in [3.63, 3.8) is 0 Å². The average Bonchev–Trinajstić information content (AvgIpc) is 2.76. The molecule has 1 aliphatic rings. The lowest BCUT2D eigenvalue weighted by Crippen LogP contribution is -2.12. The predicted molar refractivity (Wildman–Crippen MR) is 56.2 cm³/mol. The average molecular weight is 244 g/mol. The van der Waals surface area contributed by atoms with Gasteiger partial charge in [0.2, 0.25) is 0 Å². The highest BCUT2D eigenvalue weighted by Crippen LogP contribution is 2.33. The first-order chi connectivity index (χ1) is 8.00. The van der Waals surface area contributed by atoms with E-state index in [9.17, 15) is 18.1 Å². The molecule has 1 atom stereocenters. The van der Waals surface area contributed by atoms with Gasteiger partial charge >= 0.3 is 6.18 Å². The van der Waals surface area contributed by atoms with Gasteiger partial charge < -0.3 is 0 Å². The zero-order chi connectivity index (χ0) is 12.5. The van der Waals surface area contributed by atoms with Crippen LogP contribution in [0.1, 0.15) is 23.5 Å². The largest absolute Gasteiger partial charge is 0.416 e. The molecule has 1 aromatic carbocycles. The lowest BCUT2D eigenvalue weighted by Gasteiger charge is -2.13. The fourth-order valence-corrected chi connectivity index (χ4v) is 2.06. The van der Waals surface area contributed by atoms with E-state index in [-0.39, 0.29) is 5.92 Å². The molecule has 2 rings (SSSR count). The Morgan fingerprint density at radius 3 is 2.71 bits per heavy atom. The second-order valence-electron chi connectivity index (χ2n) is 4.10. The number of nitroso groups, excluding NO2 is 1. The van der Waals surface area contributed by atoms with Crippen LogP contribution in [0.5, 0.6) is 0 Å². The highest BCUT2D eigenvalue weighted by molar-refractivity contribution is 5.29. The van der Waals surface area contributed by atoms with Gasteiger partial charge in [-0.15, -0.1) is 4.91 Å². The Kier molecular flexibility index (Phi) is 3.04. The summed E-state index contributed by atoms with van der Waals surface area (Å²) >= 11 is 0. The smallest absolute Gasteiger partial charge is 0.260 e. The van der Waals surface area contributed by atoms with E-state index in [1.807, 2.05) is 0 Å². The molecule has 17 heavy (non-hydrogen) atoms. The highest BCUT2D eigenvalue weighted by atomic mass is 19.4. The summed E-state index contributed by atoms with van der Waals surface area (Å²) < 4.78 is 37.6. The predicted octanol–water partition coefficient (Wildman–Crippen LogP) is 3.18. The third kappa shape index (κ3) is 2.57. The molecule has 0 bridgehead atoms. The molecule has 1 unspecified atom stereocenters. The normalized spacial score (nSPS) is 20.6. The summed E-state index contributed by atoms with van der Waals surface area (Å²) in [6.07, 6.45) is -3.66. The monoisotopic (exact) mass is 244 g/mol. The Labute approximate surface area is 96.2 Å². The first-order valence-electron chi connectivity index (χ1n) is 5.26. The van der Waals surface area contributed by atoms with E-state index < -0.39 is 11.7 Å². The molecule has 0 saturated carbocycles. The number of alkyl halides is 3. The maximum absolute atomic E-state index is 12.5. The van der Waals surface area contributed by atoms with Crippen LogP contribution in [0.4, 0.5) is 13.2 Å². The van der Waals surface area contributed by atoms with Crippen molar-refractivity contribution in [2.24, 2.45) is 5.29 Å². The summed E-state index contributed by atoms with van der Waals surface area (Å²) in [5.41, 5.74) is -0.0292. The van der Waals surface area contributed by atoms with Crippen LogP contribution in [0.3, 0.4) is 0 Å². The molecule has 1 saturated heterocycles. The standard InChI is InChI=1S/C11H11F3N2O/c12-11(13,14)10-3-1-2-8(6-10)9-4-5-16(7-9)15-17/h1-3,6,9H,4-5,7H2. The quantitative estimate of drug-likeness (QED) is 0.748. The van der Waals surface area contributed by atoms with Gasteiger partial charge in [0.05, 0.1) is 10.8 Å². The number of benzene rings is 1. The van der Waals surface area contributed by atoms with Crippen LogP contribution in [0.2, 0.25) is 0 Å². The van der Waals surface area contributed by atoms with Crippen molar-refractivity contribution in [1.82, 2.24) is 5.01 Å². The van der Waals surface area contributed by atoms with Gasteiger partial charge in [0, 0.05) is 19.0 Å². The summed E-state index contributed by atoms with van der Waals surface area (Å²) in [6, 6.07) is 5.26. The van der Waals surface area contributed by atoms with Crippen LogP contribution >= 0.6 is 0 Å². The van der Waals surface area contributed by atoms with Crippen molar-refractivity contribution >= 4 is 0 Å². The van der Waals surface area contributed by atoms with Crippen molar-refractivity contribution in [2.75, 3.05) is 13.1 Å². The molecule has 1 aliphatic heterocycles. The van der Waals surface area contributed by atoms with E-state index in [0.717, 1.165) is 12.1 Å². The summed E-state index contributed by atoms with van der Waals surface area (Å²) in [7, 11) is 0. The molecule has 0 amide bonds. The van der Waals surface area contributed by atoms with Gasteiger partial charge in [0.25, 0.3) is 0 Å². The number of hydrogen-bond donors (Lipinski definition) is 0. The zero-order valence-electron chi connectivity index (χ0n) is 8.94. The summed E-state index contributed by atoms with van der Waals surface area (Å²) in [5, 5.41) is 4.13. The van der Waals surface area contributed by atoms with Crippen LogP contribution in [-0.4, -0.2) is 18.1 Å². The topological polar surface area (TPSA) is 32.7 Å². The third-order valence-electron chi connectivity index (χ3n) is 2.97. The molecular formula is C11H11F3N2O. The van der Waals surface area contributed by atoms with Gasteiger partial charge in [-0.05, 0) is 18.1 Å². The fraction of sp³-hybridized carbons (Fsp3) is 0.455. The minimum absolute atomic E-state index is 0.0463. The number of rotatable bonds is 2. The van der Waals surface area contributed by atoms with E-state index in [0.29, 0.717) is 25.1 Å². The van der Waals surface area contributed by atoms with Crippen molar-refractivity contribution in [1.29, 1.82) is 0 Å². The van der Waals surface area contributed by atoms with E-state index >= 15 is 0 Å². The van der Waals surface area contributed by atoms with Gasteiger partial charge in [-0.1, -0.05) is 18.2 Å². The maximum Gasteiger partial charge on any atom is 0.416 e. The Morgan fingerprint density at radius 1 is 1.35 bits per heavy atom. The van der Waals surface area contributed by atoms with Gasteiger partial charge in [-0.2, -0.15) is 13.2 Å². The summed E-state index contributed by atoms with van der Waals surface area (Å²) in [4.78, 5) is 10.3. The Balaban J connectivity index is 2.20. The molecule has 0 radical (unpaired) electrons. The number of nitrogens with zero attached hydrogens (tertiary/aromatic N) is 2. The fourth-order valence-electron chi connectivity index (χ4n) is 2.06. The molecular weight excluding hydrogens is 233 g/mol. The number of halogens is 3. The molecule has 3 nitrogen and oxygen atoms in total. The summed E-state index contributed by atoms with van der Waals surface area (Å²) in [5.74, 6) is -0.0463. The third-order valence-corrected chi connectivity index (χ3v) is 2.97. The lowest BCUT2D eigenvalue weighted by atomic mass is 9.96. The Hall–Kier alpha value is -1.59. The van der Waals surface area contributed by atoms with Crippen LogP contribution < -0.4 is 0 Å². The molecule has 0 aromatic heterocycles. The SMILES string of the molecule is O=NN1CCC(c2cccc(C(F)(F)F)c2)C1. The maximum atomic E-state index is 12.5. The number of hydrogen-bond acceptors (Lipinski definition) is 2. The molecule has 0 aliphatic carbocycles. The molecule has 1 heterocycles. The van der Waals surface area contributed by atoms with Crippen molar-refractivity contribution < 1.29 is 13.2 Å². The minimum atomic E-state index is -4.32.